The summed E-state index contributed by atoms with van der Waals surface area (Å²) in [4.78, 5) is 33.9. The van der Waals surface area contributed by atoms with Gasteiger partial charge in [-0.25, -0.2) is 14.8 Å². The Balaban J connectivity index is 1.82. The molecular formula is C11H15N5O3. The maximum absolute atomic E-state index is 11.6. The summed E-state index contributed by atoms with van der Waals surface area (Å²) < 4.78 is 0. The number of rotatable bonds is 3. The van der Waals surface area contributed by atoms with Crippen molar-refractivity contribution in [3.8, 4) is 0 Å². The normalized spacial score (nSPS) is 15.2. The molecule has 2 heterocycles. The molecule has 8 nitrogen and oxygen atoms in total. The largest absolute Gasteiger partial charge is 0.480 e. The maximum atomic E-state index is 11.6. The van der Waals surface area contributed by atoms with Crippen molar-refractivity contribution in [1.29, 1.82) is 0 Å². The summed E-state index contributed by atoms with van der Waals surface area (Å²) in [5.41, 5.74) is 0. The first kappa shape index (κ1) is 13.1. The van der Waals surface area contributed by atoms with Crippen LogP contribution < -0.4 is 10.2 Å². The summed E-state index contributed by atoms with van der Waals surface area (Å²) in [6.45, 7) is 1.93. The highest BCUT2D eigenvalue weighted by atomic mass is 16.4. The fraction of sp³-hybridized carbons (Fsp3) is 0.455. The predicted molar refractivity (Wildman–Crippen MR) is 66.9 cm³/mol. The van der Waals surface area contributed by atoms with Gasteiger partial charge in [0.15, 0.2) is 0 Å². The fourth-order valence-electron chi connectivity index (χ4n) is 1.83. The Kier molecular flexibility index (Phi) is 4.11. The molecule has 2 N–H and O–H groups in total. The van der Waals surface area contributed by atoms with Gasteiger partial charge >= 0.3 is 12.0 Å². The molecule has 0 aromatic carbocycles. The minimum atomic E-state index is -1.05. The molecule has 1 fully saturated rings. The molecular weight excluding hydrogens is 250 g/mol. The number of carboxylic acids is 1. The van der Waals surface area contributed by atoms with E-state index in [9.17, 15) is 9.59 Å². The molecule has 102 valence electrons. The van der Waals surface area contributed by atoms with Gasteiger partial charge in [0, 0.05) is 38.6 Å². The lowest BCUT2D eigenvalue weighted by Crippen LogP contribution is -2.52. The second-order valence-electron chi connectivity index (χ2n) is 4.08. The van der Waals surface area contributed by atoms with Crippen molar-refractivity contribution in [2.45, 2.75) is 0 Å². The zero-order valence-corrected chi connectivity index (χ0v) is 10.3. The zero-order valence-electron chi connectivity index (χ0n) is 10.3. The number of anilines is 1. The topological polar surface area (TPSA) is 98.7 Å². The summed E-state index contributed by atoms with van der Waals surface area (Å²) in [6, 6.07) is 1.40. The Bertz CT molecular complexity index is 445. The Morgan fingerprint density at radius 1 is 1.21 bits per heavy atom. The van der Waals surface area contributed by atoms with Gasteiger partial charge in [0.05, 0.1) is 0 Å². The lowest BCUT2D eigenvalue weighted by atomic mass is 10.3. The number of aromatic nitrogens is 2. The number of aliphatic carboxylic acids is 1. The Morgan fingerprint density at radius 2 is 1.84 bits per heavy atom. The van der Waals surface area contributed by atoms with Crippen LogP contribution in [-0.4, -0.2) is 64.7 Å². The number of nitrogens with zero attached hydrogens (tertiary/aromatic N) is 4. The van der Waals surface area contributed by atoms with Gasteiger partial charge < -0.3 is 20.2 Å². The third-order valence-electron chi connectivity index (χ3n) is 2.79. The van der Waals surface area contributed by atoms with Crippen LogP contribution >= 0.6 is 0 Å². The van der Waals surface area contributed by atoms with Gasteiger partial charge in [0.1, 0.15) is 6.54 Å². The first-order valence-electron chi connectivity index (χ1n) is 5.93. The minimum Gasteiger partial charge on any atom is -0.480 e. The van der Waals surface area contributed by atoms with Crippen LogP contribution in [-0.2, 0) is 4.79 Å². The molecule has 0 bridgehead atoms. The van der Waals surface area contributed by atoms with E-state index in [1.807, 2.05) is 4.90 Å². The van der Waals surface area contributed by atoms with Crippen LogP contribution in [0.2, 0.25) is 0 Å². The monoisotopic (exact) mass is 265 g/mol. The molecule has 2 rings (SSSR count). The molecule has 1 saturated heterocycles. The van der Waals surface area contributed by atoms with E-state index in [1.165, 1.54) is 0 Å². The van der Waals surface area contributed by atoms with E-state index < -0.39 is 5.97 Å². The summed E-state index contributed by atoms with van der Waals surface area (Å²) in [6.07, 6.45) is 3.35. The van der Waals surface area contributed by atoms with E-state index in [1.54, 1.807) is 23.4 Å². The second-order valence-corrected chi connectivity index (χ2v) is 4.08. The maximum Gasteiger partial charge on any atom is 0.323 e. The number of hydrogen-bond acceptors (Lipinski definition) is 5. The van der Waals surface area contributed by atoms with E-state index in [4.69, 9.17) is 5.11 Å². The van der Waals surface area contributed by atoms with Crippen molar-refractivity contribution in [3.05, 3.63) is 18.5 Å². The number of hydrogen-bond donors (Lipinski definition) is 2. The number of urea groups is 1. The van der Waals surface area contributed by atoms with E-state index in [2.05, 4.69) is 15.3 Å². The molecule has 1 aromatic rings. The van der Waals surface area contributed by atoms with Crippen LogP contribution in [0.3, 0.4) is 0 Å². The second kappa shape index (κ2) is 5.98. The summed E-state index contributed by atoms with van der Waals surface area (Å²) in [5, 5.41) is 10.8. The van der Waals surface area contributed by atoms with Gasteiger partial charge in [0.25, 0.3) is 0 Å². The highest BCUT2D eigenvalue weighted by molar-refractivity contribution is 5.80. The Hall–Kier alpha value is -2.38. The highest BCUT2D eigenvalue weighted by Crippen LogP contribution is 2.09. The van der Waals surface area contributed by atoms with Gasteiger partial charge in [-0.2, -0.15) is 0 Å². The van der Waals surface area contributed by atoms with E-state index in [0.29, 0.717) is 32.1 Å². The number of carboxylic acid groups (broad SMARTS) is 1. The van der Waals surface area contributed by atoms with Gasteiger partial charge in [-0.15, -0.1) is 0 Å². The van der Waals surface area contributed by atoms with Crippen LogP contribution in [0.1, 0.15) is 0 Å². The van der Waals surface area contributed by atoms with Crippen molar-refractivity contribution in [1.82, 2.24) is 20.2 Å². The van der Waals surface area contributed by atoms with Crippen LogP contribution in [0.15, 0.2) is 18.5 Å². The lowest BCUT2D eigenvalue weighted by molar-refractivity contribution is -0.135. The van der Waals surface area contributed by atoms with Crippen molar-refractivity contribution in [3.63, 3.8) is 0 Å². The van der Waals surface area contributed by atoms with Crippen molar-refractivity contribution >= 4 is 17.9 Å². The molecule has 0 atom stereocenters. The number of piperazine rings is 1. The minimum absolute atomic E-state index is 0.351. The summed E-state index contributed by atoms with van der Waals surface area (Å²) in [5.74, 6) is -0.405. The van der Waals surface area contributed by atoms with E-state index in [-0.39, 0.29) is 12.6 Å². The molecule has 1 aliphatic rings. The van der Waals surface area contributed by atoms with Crippen molar-refractivity contribution in [2.24, 2.45) is 0 Å². The third kappa shape index (κ3) is 3.54. The van der Waals surface area contributed by atoms with Crippen LogP contribution in [0.5, 0.6) is 0 Å². The molecule has 0 unspecified atom stereocenters. The average molecular weight is 265 g/mol. The average Bonchev–Trinajstić information content (AvgIpc) is 2.46. The van der Waals surface area contributed by atoms with Gasteiger partial charge in [-0.3, -0.25) is 4.79 Å². The molecule has 0 aliphatic carbocycles. The Labute approximate surface area is 110 Å². The van der Waals surface area contributed by atoms with E-state index in [0.717, 1.165) is 0 Å². The van der Waals surface area contributed by atoms with Crippen LogP contribution in [0, 0.1) is 0 Å². The first-order chi connectivity index (χ1) is 9.16. The van der Waals surface area contributed by atoms with Crippen LogP contribution in [0.25, 0.3) is 0 Å². The SMILES string of the molecule is O=C(O)CNC(=O)N1CCN(c2ncccn2)CC1. The summed E-state index contributed by atoms with van der Waals surface area (Å²) in [7, 11) is 0. The number of amides is 2. The van der Waals surface area contributed by atoms with Gasteiger partial charge in [-0.05, 0) is 6.07 Å². The predicted octanol–water partition coefficient (Wildman–Crippen LogP) is -0.607. The number of nitrogens with one attached hydrogen (secondary N) is 1. The fourth-order valence-corrected chi connectivity index (χ4v) is 1.83. The molecule has 1 aromatic heterocycles. The molecule has 0 spiro atoms. The first-order valence-corrected chi connectivity index (χ1v) is 5.93. The van der Waals surface area contributed by atoms with Crippen molar-refractivity contribution in [2.75, 3.05) is 37.6 Å². The molecule has 8 heteroatoms. The summed E-state index contributed by atoms with van der Waals surface area (Å²) >= 11 is 0. The van der Waals surface area contributed by atoms with Crippen molar-refractivity contribution < 1.29 is 14.7 Å². The highest BCUT2D eigenvalue weighted by Gasteiger charge is 2.22. The quantitative estimate of drug-likeness (QED) is 0.756. The molecule has 1 aliphatic heterocycles. The van der Waals surface area contributed by atoms with Crippen LogP contribution in [0.4, 0.5) is 10.7 Å². The number of carbonyl (C=O) groups is 2. The van der Waals surface area contributed by atoms with Gasteiger partial charge in [0.2, 0.25) is 5.95 Å². The third-order valence-corrected chi connectivity index (χ3v) is 2.79. The smallest absolute Gasteiger partial charge is 0.323 e. The molecule has 2 amide bonds. The Morgan fingerprint density at radius 3 is 2.42 bits per heavy atom. The standard InChI is InChI=1S/C11H15N5O3/c17-9(18)8-14-11(19)16-6-4-15(5-7-16)10-12-2-1-3-13-10/h1-3H,4-8H2,(H,14,19)(H,17,18). The number of carbonyl (C=O) groups excluding carboxylic acids is 1. The van der Waals surface area contributed by atoms with Gasteiger partial charge in [-0.1, -0.05) is 0 Å². The lowest BCUT2D eigenvalue weighted by Gasteiger charge is -2.34. The zero-order chi connectivity index (χ0) is 13.7. The molecule has 0 saturated carbocycles. The molecule has 19 heavy (non-hydrogen) atoms. The van der Waals surface area contributed by atoms with E-state index >= 15 is 0 Å². The molecule has 0 radical (unpaired) electrons.